The number of hydrogen-bond acceptors (Lipinski definition) is 2. The average molecular weight is 190 g/mol. The first kappa shape index (κ1) is 9.60. The Morgan fingerprint density at radius 1 is 1.33 bits per heavy atom. The van der Waals surface area contributed by atoms with E-state index in [2.05, 4.69) is 0 Å². The van der Waals surface area contributed by atoms with Gasteiger partial charge in [-0.15, -0.1) is 0 Å². The Morgan fingerprint density at radius 2 is 1.33 bits per heavy atom. The number of ketones is 1. The van der Waals surface area contributed by atoms with Crippen LogP contribution in [0.1, 0.15) is 13.8 Å². The monoisotopic (exact) mass is 190 g/mol. The molecule has 0 N–H and O–H groups in total. The van der Waals surface area contributed by atoms with Crippen LogP contribution in [-0.2, 0) is 7.65 Å². The first-order chi connectivity index (χ1) is 2.73. The van der Waals surface area contributed by atoms with Crippen molar-refractivity contribution in [1.82, 2.24) is 0 Å². The summed E-state index contributed by atoms with van der Waals surface area (Å²) in [6.45, 7) is 3.06. The molecule has 0 heterocycles. The molecule has 0 atom stereocenters. The van der Waals surface area contributed by atoms with Gasteiger partial charge in [-0.3, -0.25) is 0 Å². The van der Waals surface area contributed by atoms with Crippen LogP contribution in [0.5, 0.6) is 0 Å². The molecule has 0 aliphatic heterocycles. The number of rotatable bonds is 0. The fourth-order valence-electron chi connectivity index (χ4n) is 0. The molecule has 2 nitrogen and oxygen atoms in total. The molecule has 3 heteroatoms. The van der Waals surface area contributed by atoms with E-state index in [-0.39, 0.29) is 30.2 Å². The number of carbonyl (C=O) groups is 1. The Balaban J connectivity index is 0. The predicted octanol–water partition coefficient (Wildman–Crippen LogP) is -0.172. The zero-order valence-corrected chi connectivity index (χ0v) is 8.06. The quantitative estimate of drug-likeness (QED) is 0.531. The summed E-state index contributed by atoms with van der Waals surface area (Å²) in [5.74, 6) is 0.167. The third-order valence-corrected chi connectivity index (χ3v) is 0. The van der Waals surface area contributed by atoms with Gasteiger partial charge in [-0.25, -0.2) is 0 Å². The van der Waals surface area contributed by atoms with Crippen molar-refractivity contribution in [1.29, 1.82) is 0 Å². The van der Waals surface area contributed by atoms with E-state index in [1.54, 1.807) is 0 Å². The molecule has 34 valence electrons. The third kappa shape index (κ3) is 419. The Hall–Kier alpha value is 0.340. The summed E-state index contributed by atoms with van der Waals surface area (Å²) in [6.07, 6.45) is 0. The molecule has 0 saturated heterocycles. The minimum atomic E-state index is -0.1000. The molecule has 0 aliphatic carbocycles. The average Bonchev–Trinajstić information content (AvgIpc) is 1.41. The van der Waals surface area contributed by atoms with Gasteiger partial charge in [0, 0.05) is 0 Å². The van der Waals surface area contributed by atoms with Crippen molar-refractivity contribution >= 4 is 30.2 Å². The Kier molecular flexibility index (Phi) is 14.4. The van der Waals surface area contributed by atoms with Gasteiger partial charge in [0.25, 0.3) is 0 Å². The zero-order valence-electron chi connectivity index (χ0n) is 4.02. The topological polar surface area (TPSA) is 34.1 Å². The summed E-state index contributed by atoms with van der Waals surface area (Å²) >= 11 is -0.1000. The summed E-state index contributed by atoms with van der Waals surface area (Å²) in [4.78, 5) is 9.44. The van der Waals surface area contributed by atoms with Crippen molar-refractivity contribution in [2.75, 3.05) is 0 Å². The zero-order chi connectivity index (χ0) is 5.58. The van der Waals surface area contributed by atoms with Crippen LogP contribution < -0.4 is 0 Å². The van der Waals surface area contributed by atoms with Crippen LogP contribution in [0.4, 0.5) is 0 Å². The van der Waals surface area contributed by atoms with E-state index in [0.29, 0.717) is 0 Å². The standard InChI is InChI=1S/C3H6O.In.O.H/c1-3(2)4;;;/h1-2H3;;;. The Labute approximate surface area is 51.9 Å². The summed E-state index contributed by atoms with van der Waals surface area (Å²) in [5.41, 5.74) is 0. The second-order valence-corrected chi connectivity index (χ2v) is 0.908. The summed E-state index contributed by atoms with van der Waals surface area (Å²) < 4.78 is 8.42. The third-order valence-electron chi connectivity index (χ3n) is 0. The van der Waals surface area contributed by atoms with E-state index in [0.717, 1.165) is 0 Å². The maximum absolute atomic E-state index is 9.44. The summed E-state index contributed by atoms with van der Waals surface area (Å²) in [6, 6.07) is 0. The van der Waals surface area contributed by atoms with Crippen molar-refractivity contribution in [2.45, 2.75) is 13.8 Å². The fourth-order valence-corrected chi connectivity index (χ4v) is 0. The van der Waals surface area contributed by atoms with Crippen molar-refractivity contribution in [3.05, 3.63) is 0 Å². The van der Waals surface area contributed by atoms with Gasteiger partial charge in [-0.05, 0) is 13.8 Å². The van der Waals surface area contributed by atoms with Gasteiger partial charge in [0.05, 0.1) is 0 Å². The molecule has 0 fully saturated rings. The SMILES string of the molecule is CC(C)=O.[O]=[InH]. The van der Waals surface area contributed by atoms with E-state index in [4.69, 9.17) is 2.85 Å². The van der Waals surface area contributed by atoms with Crippen molar-refractivity contribution in [3.8, 4) is 0 Å². The molecule has 0 unspecified atom stereocenters. The molecular formula is C3H7InO2. The van der Waals surface area contributed by atoms with Gasteiger partial charge in [0.1, 0.15) is 5.78 Å². The van der Waals surface area contributed by atoms with Gasteiger partial charge >= 0.3 is 27.2 Å². The molecule has 0 spiro atoms. The molecule has 0 aromatic carbocycles. The van der Waals surface area contributed by atoms with E-state index >= 15 is 0 Å². The van der Waals surface area contributed by atoms with Crippen LogP contribution in [0, 0.1) is 0 Å². The van der Waals surface area contributed by atoms with E-state index in [9.17, 15) is 4.79 Å². The molecule has 0 aromatic heterocycles. The van der Waals surface area contributed by atoms with Crippen molar-refractivity contribution in [3.63, 3.8) is 0 Å². The number of hydrogen-bond donors (Lipinski definition) is 0. The first-order valence-corrected chi connectivity index (χ1v) is 3.14. The molecule has 0 bridgehead atoms. The minimum absolute atomic E-state index is 0.1000. The van der Waals surface area contributed by atoms with Gasteiger partial charge in [-0.2, -0.15) is 0 Å². The fraction of sp³-hybridized carbons (Fsp3) is 0.667. The van der Waals surface area contributed by atoms with Gasteiger partial charge < -0.3 is 4.79 Å². The predicted molar refractivity (Wildman–Crippen MR) is 24.2 cm³/mol. The van der Waals surface area contributed by atoms with Crippen molar-refractivity contribution in [2.24, 2.45) is 0 Å². The second kappa shape index (κ2) is 9.02. The van der Waals surface area contributed by atoms with Crippen LogP contribution >= 0.6 is 0 Å². The number of Topliss-reactive ketones (excluding diaryl/α,β-unsaturated/α-hetero) is 1. The second-order valence-electron chi connectivity index (χ2n) is 0.908. The van der Waals surface area contributed by atoms with Gasteiger partial charge in [0.2, 0.25) is 0 Å². The van der Waals surface area contributed by atoms with Gasteiger partial charge in [-0.1, -0.05) is 0 Å². The Morgan fingerprint density at radius 3 is 1.33 bits per heavy atom. The molecule has 0 aromatic rings. The van der Waals surface area contributed by atoms with E-state index < -0.39 is 0 Å². The van der Waals surface area contributed by atoms with Crippen LogP contribution in [0.2, 0.25) is 0 Å². The van der Waals surface area contributed by atoms with Crippen molar-refractivity contribution < 1.29 is 7.65 Å². The first-order valence-electron chi connectivity index (χ1n) is 1.49. The summed E-state index contributed by atoms with van der Waals surface area (Å²) in [7, 11) is 0. The Bertz CT molecular complexity index is 40.1. The van der Waals surface area contributed by atoms with E-state index in [1.165, 1.54) is 13.8 Å². The van der Waals surface area contributed by atoms with E-state index in [1.807, 2.05) is 0 Å². The van der Waals surface area contributed by atoms with Crippen LogP contribution in [-0.4, -0.2) is 30.2 Å². The normalized spacial score (nSPS) is 4.83. The molecule has 0 rings (SSSR count). The van der Waals surface area contributed by atoms with Crippen LogP contribution in [0.3, 0.4) is 0 Å². The molecule has 0 radical (unpaired) electrons. The van der Waals surface area contributed by atoms with Gasteiger partial charge in [0.15, 0.2) is 0 Å². The molecule has 0 amide bonds. The van der Waals surface area contributed by atoms with Crippen LogP contribution in [0.15, 0.2) is 0 Å². The molecular weight excluding hydrogens is 183 g/mol. The molecule has 6 heavy (non-hydrogen) atoms. The molecule has 0 aliphatic rings. The van der Waals surface area contributed by atoms with Crippen LogP contribution in [0.25, 0.3) is 0 Å². The molecule has 0 saturated carbocycles. The maximum atomic E-state index is 9.44. The summed E-state index contributed by atoms with van der Waals surface area (Å²) in [5, 5.41) is 0. The number of carbonyl (C=O) groups excluding carboxylic acids is 1.